The van der Waals surface area contributed by atoms with E-state index in [4.69, 9.17) is 23.7 Å². The van der Waals surface area contributed by atoms with Crippen molar-refractivity contribution in [2.24, 2.45) is 5.41 Å². The Morgan fingerprint density at radius 3 is 2.55 bits per heavy atom. The lowest BCUT2D eigenvalue weighted by Crippen LogP contribution is -2.23. The van der Waals surface area contributed by atoms with Crippen molar-refractivity contribution in [3.05, 3.63) is 33.9 Å². The molecular weight excluding hydrogens is 404 g/mol. The molecule has 0 aliphatic carbocycles. The third-order valence-corrected chi connectivity index (χ3v) is 5.42. The van der Waals surface area contributed by atoms with Gasteiger partial charge < -0.3 is 28.8 Å². The van der Waals surface area contributed by atoms with Gasteiger partial charge in [-0.1, -0.05) is 11.6 Å². The summed E-state index contributed by atoms with van der Waals surface area (Å²) in [7, 11) is 3.08. The van der Waals surface area contributed by atoms with Gasteiger partial charge in [0.2, 0.25) is 0 Å². The number of allylic oxidation sites excluding steroid dienone is 2. The minimum Gasteiger partial charge on any atom is -0.496 e. The molecule has 1 aliphatic rings. The molecule has 172 valence electrons. The second-order valence-electron chi connectivity index (χ2n) is 8.25. The van der Waals surface area contributed by atoms with Crippen LogP contribution >= 0.6 is 0 Å². The Labute approximate surface area is 183 Å². The molecule has 8 heteroatoms. The molecule has 1 aliphatic heterocycles. The number of hydrogen-bond donors (Lipinski definition) is 1. The van der Waals surface area contributed by atoms with Crippen LogP contribution in [0.5, 0.6) is 11.5 Å². The van der Waals surface area contributed by atoms with E-state index in [9.17, 15) is 14.7 Å². The molecule has 0 amide bonds. The van der Waals surface area contributed by atoms with Crippen LogP contribution in [0.1, 0.15) is 61.2 Å². The second kappa shape index (κ2) is 10.2. The van der Waals surface area contributed by atoms with Crippen molar-refractivity contribution >= 4 is 11.9 Å². The largest absolute Gasteiger partial charge is 0.496 e. The highest BCUT2D eigenvalue weighted by Gasteiger charge is 2.33. The van der Waals surface area contributed by atoms with Crippen LogP contribution in [0.3, 0.4) is 0 Å². The van der Waals surface area contributed by atoms with Crippen molar-refractivity contribution in [1.29, 1.82) is 0 Å². The topological polar surface area (TPSA) is 101 Å². The van der Waals surface area contributed by atoms with Crippen molar-refractivity contribution in [2.45, 2.75) is 60.4 Å². The summed E-state index contributed by atoms with van der Waals surface area (Å²) in [6.07, 6.45) is 2.24. The zero-order chi connectivity index (χ0) is 23.3. The minimum atomic E-state index is -0.883. The van der Waals surface area contributed by atoms with Gasteiger partial charge in [0.05, 0.1) is 12.5 Å². The Morgan fingerprint density at radius 2 is 1.97 bits per heavy atom. The smallest absolute Gasteiger partial charge is 0.342 e. The molecule has 1 unspecified atom stereocenters. The van der Waals surface area contributed by atoms with Crippen molar-refractivity contribution in [3.63, 3.8) is 0 Å². The molecule has 0 fully saturated rings. The number of carbonyl (C=O) groups is 2. The number of carbonyl (C=O) groups excluding carboxylic acids is 1. The number of fused-ring (bicyclic) bond motifs is 1. The van der Waals surface area contributed by atoms with E-state index in [1.165, 1.54) is 7.11 Å². The number of rotatable bonds is 11. The SMILES string of the molecule is COc1c(C)c2c(c(OCOC(C)OC)c1C/C=C(\C)CC(C)(C)C(=O)O)C(=O)OC2. The van der Waals surface area contributed by atoms with Gasteiger partial charge >= 0.3 is 11.9 Å². The first-order valence-corrected chi connectivity index (χ1v) is 10.1. The first-order chi connectivity index (χ1) is 14.5. The fourth-order valence-electron chi connectivity index (χ4n) is 3.55. The highest BCUT2D eigenvalue weighted by Crippen LogP contribution is 2.43. The highest BCUT2D eigenvalue weighted by molar-refractivity contribution is 5.98. The van der Waals surface area contributed by atoms with E-state index < -0.39 is 23.6 Å². The molecule has 2 rings (SSSR count). The first-order valence-electron chi connectivity index (χ1n) is 10.1. The zero-order valence-corrected chi connectivity index (χ0v) is 19.3. The van der Waals surface area contributed by atoms with E-state index in [0.29, 0.717) is 35.5 Å². The van der Waals surface area contributed by atoms with Gasteiger partial charge in [0, 0.05) is 18.2 Å². The van der Waals surface area contributed by atoms with Crippen molar-refractivity contribution in [2.75, 3.05) is 21.0 Å². The van der Waals surface area contributed by atoms with Crippen molar-refractivity contribution < 1.29 is 38.4 Å². The number of benzene rings is 1. The van der Waals surface area contributed by atoms with Crippen LogP contribution in [0, 0.1) is 12.3 Å². The number of methoxy groups -OCH3 is 2. The molecule has 1 atom stereocenters. The number of cyclic esters (lactones) is 1. The molecule has 0 aromatic heterocycles. The van der Waals surface area contributed by atoms with E-state index >= 15 is 0 Å². The molecule has 31 heavy (non-hydrogen) atoms. The minimum absolute atomic E-state index is 0.122. The first kappa shape index (κ1) is 24.7. The number of esters is 1. The lowest BCUT2D eigenvalue weighted by molar-refractivity contribution is -0.149. The molecule has 1 heterocycles. The van der Waals surface area contributed by atoms with E-state index in [0.717, 1.165) is 16.7 Å². The molecule has 0 radical (unpaired) electrons. The molecule has 1 N–H and O–H groups in total. The van der Waals surface area contributed by atoms with Crippen molar-refractivity contribution in [1.82, 2.24) is 0 Å². The summed E-state index contributed by atoms with van der Waals surface area (Å²) in [6.45, 7) is 8.90. The highest BCUT2D eigenvalue weighted by atomic mass is 16.7. The molecule has 0 spiro atoms. The zero-order valence-electron chi connectivity index (χ0n) is 19.3. The van der Waals surface area contributed by atoms with E-state index in [2.05, 4.69) is 0 Å². The third-order valence-electron chi connectivity index (χ3n) is 5.42. The molecule has 0 saturated carbocycles. The maximum atomic E-state index is 12.5. The molecule has 0 saturated heterocycles. The maximum Gasteiger partial charge on any atom is 0.342 e. The average Bonchev–Trinajstić information content (AvgIpc) is 3.09. The van der Waals surface area contributed by atoms with Gasteiger partial charge in [0.1, 0.15) is 23.7 Å². The molecule has 0 bridgehead atoms. The van der Waals surface area contributed by atoms with Crippen LogP contribution in [0.4, 0.5) is 0 Å². The van der Waals surface area contributed by atoms with Gasteiger partial charge in [-0.2, -0.15) is 0 Å². The summed E-state index contributed by atoms with van der Waals surface area (Å²) in [4.78, 5) is 23.9. The number of carboxylic acid groups (broad SMARTS) is 1. The van der Waals surface area contributed by atoms with Crippen LogP contribution in [0.2, 0.25) is 0 Å². The van der Waals surface area contributed by atoms with Crippen LogP contribution in [0.25, 0.3) is 0 Å². The predicted molar refractivity (Wildman–Crippen MR) is 113 cm³/mol. The third kappa shape index (κ3) is 5.57. The predicted octanol–water partition coefficient (Wildman–Crippen LogP) is 4.01. The Hall–Kier alpha value is -2.58. The lowest BCUT2D eigenvalue weighted by atomic mass is 9.85. The van der Waals surface area contributed by atoms with Gasteiger partial charge in [-0.25, -0.2) is 4.79 Å². The van der Waals surface area contributed by atoms with Crippen LogP contribution < -0.4 is 9.47 Å². The Balaban J connectivity index is 2.45. The quantitative estimate of drug-likeness (QED) is 0.315. The Kier molecular flexibility index (Phi) is 8.08. The summed E-state index contributed by atoms with van der Waals surface area (Å²) in [5, 5.41) is 9.39. The summed E-state index contributed by atoms with van der Waals surface area (Å²) in [6, 6.07) is 0. The van der Waals surface area contributed by atoms with Gasteiger partial charge in [0.15, 0.2) is 13.1 Å². The van der Waals surface area contributed by atoms with E-state index in [1.807, 2.05) is 19.9 Å². The fourth-order valence-corrected chi connectivity index (χ4v) is 3.55. The van der Waals surface area contributed by atoms with Crippen LogP contribution in [-0.2, 0) is 32.0 Å². The van der Waals surface area contributed by atoms with Gasteiger partial charge in [-0.15, -0.1) is 0 Å². The average molecular weight is 437 g/mol. The Bertz CT molecular complexity index is 869. The normalized spacial score (nSPS) is 14.8. The summed E-state index contributed by atoms with van der Waals surface area (Å²) in [5.41, 5.74) is 2.62. The Morgan fingerprint density at radius 1 is 1.29 bits per heavy atom. The fraction of sp³-hybridized carbons (Fsp3) is 0.565. The number of hydrogen-bond acceptors (Lipinski definition) is 7. The van der Waals surface area contributed by atoms with E-state index in [-0.39, 0.29) is 13.4 Å². The van der Waals surface area contributed by atoms with Gasteiger partial charge in [0.25, 0.3) is 0 Å². The number of aliphatic carboxylic acids is 1. The van der Waals surface area contributed by atoms with Gasteiger partial charge in [-0.3, -0.25) is 4.79 Å². The van der Waals surface area contributed by atoms with Crippen LogP contribution in [0.15, 0.2) is 11.6 Å². The summed E-state index contributed by atoms with van der Waals surface area (Å²) in [5.74, 6) is -0.356. The monoisotopic (exact) mass is 436 g/mol. The molecular formula is C23H32O8. The number of ether oxygens (including phenoxy) is 5. The van der Waals surface area contributed by atoms with Gasteiger partial charge in [-0.05, 0) is 53.0 Å². The number of carboxylic acids is 1. The molecule has 1 aromatic carbocycles. The summed E-state index contributed by atoms with van der Waals surface area (Å²) >= 11 is 0. The van der Waals surface area contributed by atoms with E-state index in [1.54, 1.807) is 27.9 Å². The molecule has 1 aromatic rings. The van der Waals surface area contributed by atoms with Crippen LogP contribution in [-0.4, -0.2) is 44.3 Å². The lowest BCUT2D eigenvalue weighted by Gasteiger charge is -2.21. The standard InChI is InChI=1S/C23H32O8/c1-13(10-23(4,5)22(25)26)8-9-16-19(28-7)14(2)17-11-29-21(24)18(17)20(16)31-12-30-15(3)27-6/h8,15H,9-12H2,1-7H3,(H,25,26)/b13-8+. The maximum absolute atomic E-state index is 12.5. The molecule has 8 nitrogen and oxygen atoms in total. The second-order valence-corrected chi connectivity index (χ2v) is 8.25. The van der Waals surface area contributed by atoms with Crippen molar-refractivity contribution in [3.8, 4) is 11.5 Å². The summed E-state index contributed by atoms with van der Waals surface area (Å²) < 4.78 is 27.3.